The summed E-state index contributed by atoms with van der Waals surface area (Å²) in [6, 6.07) is 7.10. The number of amides is 2. The number of benzene rings is 1. The lowest BCUT2D eigenvalue weighted by molar-refractivity contribution is -0.384. The molecule has 0 radical (unpaired) electrons. The van der Waals surface area contributed by atoms with E-state index < -0.39 is 10.2 Å². The largest absolute Gasteiger partial charge is 0.360 e. The van der Waals surface area contributed by atoms with Crippen molar-refractivity contribution < 1.29 is 19.0 Å². The van der Waals surface area contributed by atoms with Gasteiger partial charge in [0.25, 0.3) is 5.69 Å². The molecule has 1 aromatic carbocycles. The molecule has 0 aliphatic rings. The molecule has 1 unspecified atom stereocenters. The molecule has 1 heterocycles. The van der Waals surface area contributed by atoms with Gasteiger partial charge in [-0.25, -0.2) is 0 Å². The van der Waals surface area contributed by atoms with Crippen LogP contribution in [0.4, 0.5) is 17.2 Å². The number of carbonyl (C=O) groups excluding carboxylic acids is 2. The van der Waals surface area contributed by atoms with E-state index in [1.807, 2.05) is 0 Å². The fourth-order valence-electron chi connectivity index (χ4n) is 1.79. The second kappa shape index (κ2) is 8.29. The lowest BCUT2D eigenvalue weighted by Gasteiger charge is -2.10. The molecule has 0 fully saturated rings. The van der Waals surface area contributed by atoms with Crippen LogP contribution in [0.5, 0.6) is 0 Å². The van der Waals surface area contributed by atoms with Crippen molar-refractivity contribution >= 4 is 40.8 Å². The Hall–Kier alpha value is -2.88. The molecule has 9 nitrogen and oxygen atoms in total. The first kappa shape index (κ1) is 18.5. The van der Waals surface area contributed by atoms with Gasteiger partial charge in [-0.3, -0.25) is 19.7 Å². The Morgan fingerprint density at radius 3 is 2.56 bits per heavy atom. The van der Waals surface area contributed by atoms with Crippen LogP contribution in [-0.4, -0.2) is 32.9 Å². The number of aryl methyl sites for hydroxylation is 1. The number of aromatic nitrogens is 1. The number of nitrogens with one attached hydrogen (secondary N) is 2. The number of hydrogen-bond acceptors (Lipinski definition) is 7. The number of nitro groups is 1. The first-order valence-electron chi connectivity index (χ1n) is 7.25. The molecular weight excluding hydrogens is 348 g/mol. The van der Waals surface area contributed by atoms with Crippen LogP contribution >= 0.6 is 11.8 Å². The average molecular weight is 364 g/mol. The molecule has 132 valence electrons. The van der Waals surface area contributed by atoms with E-state index in [0.29, 0.717) is 17.3 Å². The number of non-ortho nitro benzene ring substituents is 1. The van der Waals surface area contributed by atoms with Gasteiger partial charge in [-0.2, -0.15) is 0 Å². The standard InChI is InChI=1S/C15H16N4O5S/c1-9-7-13(18-24-9)17-15(21)10(2)25-8-14(20)16-11-3-5-12(6-4-11)19(22)23/h3-7,10H,8H2,1-2H3,(H,16,20)(H,17,18,21). The lowest BCUT2D eigenvalue weighted by Crippen LogP contribution is -2.25. The molecule has 2 amide bonds. The predicted octanol–water partition coefficient (Wildman–Crippen LogP) is 2.59. The molecule has 0 saturated heterocycles. The third kappa shape index (κ3) is 5.60. The van der Waals surface area contributed by atoms with Crippen LogP contribution in [0.25, 0.3) is 0 Å². The lowest BCUT2D eigenvalue weighted by atomic mass is 10.3. The normalized spacial score (nSPS) is 11.6. The van der Waals surface area contributed by atoms with Crippen molar-refractivity contribution in [3.05, 3.63) is 46.2 Å². The second-order valence-corrected chi connectivity index (χ2v) is 6.45. The summed E-state index contributed by atoms with van der Waals surface area (Å²) in [7, 11) is 0. The Morgan fingerprint density at radius 2 is 2.00 bits per heavy atom. The maximum Gasteiger partial charge on any atom is 0.269 e. The molecule has 0 saturated carbocycles. The van der Waals surface area contributed by atoms with Gasteiger partial charge in [0, 0.05) is 23.9 Å². The van der Waals surface area contributed by atoms with Crippen LogP contribution in [0.3, 0.4) is 0 Å². The van der Waals surface area contributed by atoms with Crippen molar-refractivity contribution in [1.82, 2.24) is 5.16 Å². The maximum atomic E-state index is 12.0. The van der Waals surface area contributed by atoms with Gasteiger partial charge in [0.1, 0.15) is 5.76 Å². The van der Waals surface area contributed by atoms with E-state index in [4.69, 9.17) is 4.52 Å². The topological polar surface area (TPSA) is 127 Å². The summed E-state index contributed by atoms with van der Waals surface area (Å²) in [5, 5.41) is 19.0. The fourth-order valence-corrected chi connectivity index (χ4v) is 2.48. The molecule has 0 bridgehead atoms. The van der Waals surface area contributed by atoms with Crippen LogP contribution in [0.15, 0.2) is 34.9 Å². The van der Waals surface area contributed by atoms with Gasteiger partial charge in [-0.1, -0.05) is 5.16 Å². The third-order valence-electron chi connectivity index (χ3n) is 3.07. The zero-order chi connectivity index (χ0) is 18.4. The molecule has 0 spiro atoms. The minimum Gasteiger partial charge on any atom is -0.360 e. The molecule has 2 rings (SSSR count). The molecule has 1 aromatic heterocycles. The molecule has 25 heavy (non-hydrogen) atoms. The van der Waals surface area contributed by atoms with Crippen LogP contribution in [0.1, 0.15) is 12.7 Å². The second-order valence-electron chi connectivity index (χ2n) is 5.12. The van der Waals surface area contributed by atoms with E-state index in [-0.39, 0.29) is 23.3 Å². The van der Waals surface area contributed by atoms with Gasteiger partial charge >= 0.3 is 0 Å². The van der Waals surface area contributed by atoms with E-state index >= 15 is 0 Å². The molecule has 10 heteroatoms. The highest BCUT2D eigenvalue weighted by molar-refractivity contribution is 8.01. The van der Waals surface area contributed by atoms with Crippen molar-refractivity contribution in [2.75, 3.05) is 16.4 Å². The first-order chi connectivity index (χ1) is 11.8. The number of anilines is 2. The minimum atomic E-state index is -0.516. The monoisotopic (exact) mass is 364 g/mol. The predicted molar refractivity (Wildman–Crippen MR) is 93.5 cm³/mol. The summed E-state index contributed by atoms with van der Waals surface area (Å²) < 4.78 is 4.86. The van der Waals surface area contributed by atoms with Crippen LogP contribution < -0.4 is 10.6 Å². The summed E-state index contributed by atoms with van der Waals surface area (Å²) in [4.78, 5) is 33.9. The average Bonchev–Trinajstić information content (AvgIpc) is 2.98. The van der Waals surface area contributed by atoms with E-state index in [1.54, 1.807) is 19.9 Å². The summed E-state index contributed by atoms with van der Waals surface area (Å²) >= 11 is 1.16. The molecule has 0 aliphatic carbocycles. The summed E-state index contributed by atoms with van der Waals surface area (Å²) in [6.45, 7) is 3.38. The Balaban J connectivity index is 1.78. The minimum absolute atomic E-state index is 0.0549. The Morgan fingerprint density at radius 1 is 1.32 bits per heavy atom. The highest BCUT2D eigenvalue weighted by atomic mass is 32.2. The van der Waals surface area contributed by atoms with Gasteiger partial charge in [0.15, 0.2) is 5.82 Å². The molecule has 0 aliphatic heterocycles. The van der Waals surface area contributed by atoms with Crippen LogP contribution in [0.2, 0.25) is 0 Å². The van der Waals surface area contributed by atoms with E-state index in [1.165, 1.54) is 24.3 Å². The zero-order valence-electron chi connectivity index (χ0n) is 13.5. The summed E-state index contributed by atoms with van der Waals surface area (Å²) in [5.74, 6) is 0.365. The van der Waals surface area contributed by atoms with E-state index in [0.717, 1.165) is 11.8 Å². The van der Waals surface area contributed by atoms with Gasteiger partial charge in [-0.15, -0.1) is 11.8 Å². The maximum absolute atomic E-state index is 12.0. The number of nitro benzene ring substituents is 1. The summed E-state index contributed by atoms with van der Waals surface area (Å²) in [6.07, 6.45) is 0. The fraction of sp³-hybridized carbons (Fsp3) is 0.267. The van der Waals surface area contributed by atoms with Crippen LogP contribution in [-0.2, 0) is 9.59 Å². The summed E-state index contributed by atoms with van der Waals surface area (Å²) in [5.41, 5.74) is 0.395. The van der Waals surface area contributed by atoms with Gasteiger partial charge in [0.2, 0.25) is 11.8 Å². The smallest absolute Gasteiger partial charge is 0.269 e. The number of carbonyl (C=O) groups is 2. The van der Waals surface area contributed by atoms with Gasteiger partial charge < -0.3 is 15.2 Å². The van der Waals surface area contributed by atoms with Crippen molar-refractivity contribution in [2.24, 2.45) is 0 Å². The van der Waals surface area contributed by atoms with Crippen molar-refractivity contribution in [1.29, 1.82) is 0 Å². The van der Waals surface area contributed by atoms with Crippen molar-refractivity contribution in [3.63, 3.8) is 0 Å². The van der Waals surface area contributed by atoms with Gasteiger partial charge in [0.05, 0.1) is 15.9 Å². The number of hydrogen-bond donors (Lipinski definition) is 2. The molecule has 1 atom stereocenters. The van der Waals surface area contributed by atoms with Crippen molar-refractivity contribution in [3.8, 4) is 0 Å². The Bertz CT molecular complexity index is 774. The van der Waals surface area contributed by atoms with Crippen molar-refractivity contribution in [2.45, 2.75) is 19.1 Å². The quantitative estimate of drug-likeness (QED) is 0.571. The highest BCUT2D eigenvalue weighted by Crippen LogP contribution is 2.17. The molecule has 2 N–H and O–H groups in total. The van der Waals surface area contributed by atoms with Crippen LogP contribution in [0, 0.1) is 17.0 Å². The Labute approximate surface area is 147 Å². The van der Waals surface area contributed by atoms with E-state index in [9.17, 15) is 19.7 Å². The SMILES string of the molecule is Cc1cc(NC(=O)C(C)SCC(=O)Nc2ccc([N+](=O)[O-])cc2)no1. The highest BCUT2D eigenvalue weighted by Gasteiger charge is 2.17. The first-order valence-corrected chi connectivity index (χ1v) is 8.30. The van der Waals surface area contributed by atoms with E-state index in [2.05, 4.69) is 15.8 Å². The molecular formula is C15H16N4O5S. The number of rotatable bonds is 7. The third-order valence-corrected chi connectivity index (χ3v) is 4.22. The number of nitrogens with zero attached hydrogens (tertiary/aromatic N) is 2. The Kier molecular flexibility index (Phi) is 6.12. The number of thioether (sulfide) groups is 1. The zero-order valence-corrected chi connectivity index (χ0v) is 14.3. The molecule has 2 aromatic rings. The van der Waals surface area contributed by atoms with Gasteiger partial charge in [-0.05, 0) is 26.0 Å².